The number of benzene rings is 1. The van der Waals surface area contributed by atoms with Gasteiger partial charge in [-0.15, -0.1) is 0 Å². The van der Waals surface area contributed by atoms with Gasteiger partial charge in [-0.05, 0) is 31.2 Å². The van der Waals surface area contributed by atoms with E-state index in [4.69, 9.17) is 17.3 Å². The van der Waals surface area contributed by atoms with E-state index >= 15 is 0 Å². The number of rotatable bonds is 4. The zero-order valence-electron chi connectivity index (χ0n) is 12.1. The van der Waals surface area contributed by atoms with Gasteiger partial charge < -0.3 is 10.6 Å². The van der Waals surface area contributed by atoms with Crippen molar-refractivity contribution in [1.29, 1.82) is 0 Å². The Bertz CT molecular complexity index is 455. The van der Waals surface area contributed by atoms with Crippen molar-refractivity contribution in [3.63, 3.8) is 0 Å². The zero-order chi connectivity index (χ0) is 14.7. The van der Waals surface area contributed by atoms with Crippen molar-refractivity contribution in [1.82, 2.24) is 9.80 Å². The Morgan fingerprint density at radius 1 is 1.45 bits per heavy atom. The second-order valence-electron chi connectivity index (χ2n) is 5.45. The molecule has 0 radical (unpaired) electrons. The second-order valence-corrected chi connectivity index (χ2v) is 6.75. The smallest absolute Gasteiger partial charge is 0.0482 e. The average Bonchev–Trinajstić information content (AvgIpc) is 2.43. The summed E-state index contributed by atoms with van der Waals surface area (Å²) in [5.41, 5.74) is 7.29. The van der Waals surface area contributed by atoms with Gasteiger partial charge in [0, 0.05) is 47.8 Å². The van der Waals surface area contributed by atoms with Crippen LogP contribution in [-0.4, -0.2) is 49.1 Å². The third-order valence-electron chi connectivity index (χ3n) is 4.27. The molecule has 1 aliphatic heterocycles. The molecule has 0 saturated carbocycles. The van der Waals surface area contributed by atoms with E-state index in [1.807, 2.05) is 12.1 Å². The first-order chi connectivity index (χ1) is 9.56. The van der Waals surface area contributed by atoms with Gasteiger partial charge in [0.25, 0.3) is 0 Å². The molecule has 1 aromatic carbocycles. The third kappa shape index (κ3) is 3.55. The van der Waals surface area contributed by atoms with E-state index in [2.05, 4.69) is 45.8 Å². The lowest BCUT2D eigenvalue weighted by atomic mass is 10.0. The number of halogens is 2. The van der Waals surface area contributed by atoms with E-state index in [1.54, 1.807) is 0 Å². The molecule has 1 saturated heterocycles. The molecule has 20 heavy (non-hydrogen) atoms. The fourth-order valence-electron chi connectivity index (χ4n) is 2.94. The summed E-state index contributed by atoms with van der Waals surface area (Å²) in [4.78, 5) is 4.95. The van der Waals surface area contributed by atoms with Gasteiger partial charge in [-0.3, -0.25) is 4.90 Å². The highest BCUT2D eigenvalue weighted by Crippen LogP contribution is 2.31. The van der Waals surface area contributed by atoms with Crippen LogP contribution in [0.15, 0.2) is 22.7 Å². The van der Waals surface area contributed by atoms with E-state index in [0.717, 1.165) is 29.1 Å². The Morgan fingerprint density at radius 3 is 2.80 bits per heavy atom. The van der Waals surface area contributed by atoms with Gasteiger partial charge in [0.2, 0.25) is 0 Å². The van der Waals surface area contributed by atoms with Crippen LogP contribution in [0.25, 0.3) is 0 Å². The highest BCUT2D eigenvalue weighted by Gasteiger charge is 2.28. The molecule has 112 valence electrons. The lowest BCUT2D eigenvalue weighted by Crippen LogP contribution is -2.53. The molecule has 1 fully saturated rings. The monoisotopic (exact) mass is 359 g/mol. The summed E-state index contributed by atoms with van der Waals surface area (Å²) in [6, 6.07) is 6.85. The van der Waals surface area contributed by atoms with Crippen LogP contribution in [-0.2, 0) is 0 Å². The van der Waals surface area contributed by atoms with Crippen LogP contribution < -0.4 is 5.73 Å². The van der Waals surface area contributed by atoms with Crippen molar-refractivity contribution < 1.29 is 0 Å². The van der Waals surface area contributed by atoms with Crippen molar-refractivity contribution in [3.05, 3.63) is 33.3 Å². The molecule has 0 spiro atoms. The molecule has 5 heteroatoms. The van der Waals surface area contributed by atoms with Crippen molar-refractivity contribution in [3.8, 4) is 0 Å². The minimum atomic E-state index is 0.254. The Hall–Kier alpha value is -0.130. The number of likely N-dealkylation sites (N-methyl/N-ethyl adjacent to an activating group) is 1. The van der Waals surface area contributed by atoms with E-state index in [1.165, 1.54) is 12.0 Å². The summed E-state index contributed by atoms with van der Waals surface area (Å²) in [6.45, 7) is 6.11. The topological polar surface area (TPSA) is 32.5 Å². The SMILES string of the molecule is CCC1CN(C(CN)c2ccc(Cl)cc2Br)CCN1C. The molecule has 2 atom stereocenters. The number of nitrogens with two attached hydrogens (primary N) is 1. The quantitative estimate of drug-likeness (QED) is 0.895. The lowest BCUT2D eigenvalue weighted by molar-refractivity contribution is 0.0642. The number of piperazine rings is 1. The van der Waals surface area contributed by atoms with Gasteiger partial charge in [-0.25, -0.2) is 0 Å². The Balaban J connectivity index is 2.19. The predicted octanol–water partition coefficient (Wildman–Crippen LogP) is 3.13. The standard InChI is InChI=1S/C15H23BrClN3/c1-3-12-10-20(7-6-19(12)2)15(9-18)13-5-4-11(17)8-14(13)16/h4-5,8,12,15H,3,6-7,9-10,18H2,1-2H3. The van der Waals surface area contributed by atoms with E-state index in [0.29, 0.717) is 12.6 Å². The van der Waals surface area contributed by atoms with Crippen LogP contribution in [0.1, 0.15) is 24.9 Å². The molecule has 0 aromatic heterocycles. The van der Waals surface area contributed by atoms with Crippen LogP contribution >= 0.6 is 27.5 Å². The molecule has 1 heterocycles. The third-order valence-corrected chi connectivity index (χ3v) is 5.19. The molecule has 0 bridgehead atoms. The van der Waals surface area contributed by atoms with Gasteiger partial charge in [0.1, 0.15) is 0 Å². The van der Waals surface area contributed by atoms with Crippen LogP contribution in [0.4, 0.5) is 0 Å². The average molecular weight is 361 g/mol. The summed E-state index contributed by atoms with van der Waals surface area (Å²) in [5, 5.41) is 0.751. The van der Waals surface area contributed by atoms with E-state index in [-0.39, 0.29) is 6.04 Å². The highest BCUT2D eigenvalue weighted by atomic mass is 79.9. The van der Waals surface area contributed by atoms with Gasteiger partial charge in [0.15, 0.2) is 0 Å². The fraction of sp³-hybridized carbons (Fsp3) is 0.600. The Morgan fingerprint density at radius 2 is 2.20 bits per heavy atom. The Labute approximate surface area is 135 Å². The van der Waals surface area contributed by atoms with E-state index < -0.39 is 0 Å². The maximum atomic E-state index is 6.06. The fourth-order valence-corrected chi connectivity index (χ4v) is 3.89. The second kappa shape index (κ2) is 7.23. The molecule has 1 aliphatic rings. The van der Waals surface area contributed by atoms with Crippen LogP contribution in [0, 0.1) is 0 Å². The first-order valence-corrected chi connectivity index (χ1v) is 8.33. The van der Waals surface area contributed by atoms with Gasteiger partial charge in [-0.1, -0.05) is 40.5 Å². The molecular weight excluding hydrogens is 338 g/mol. The minimum Gasteiger partial charge on any atom is -0.329 e. The summed E-state index contributed by atoms with van der Waals surface area (Å²) >= 11 is 9.66. The minimum absolute atomic E-state index is 0.254. The molecule has 0 amide bonds. The number of hydrogen-bond donors (Lipinski definition) is 1. The molecule has 2 N–H and O–H groups in total. The van der Waals surface area contributed by atoms with Crippen molar-refractivity contribution in [2.75, 3.05) is 33.2 Å². The summed E-state index contributed by atoms with van der Waals surface area (Å²) < 4.78 is 1.05. The maximum absolute atomic E-state index is 6.06. The van der Waals surface area contributed by atoms with Gasteiger partial charge >= 0.3 is 0 Å². The van der Waals surface area contributed by atoms with Crippen LogP contribution in [0.3, 0.4) is 0 Å². The lowest BCUT2D eigenvalue weighted by Gasteiger charge is -2.43. The molecule has 2 rings (SSSR count). The molecule has 2 unspecified atom stereocenters. The van der Waals surface area contributed by atoms with Gasteiger partial charge in [-0.2, -0.15) is 0 Å². The van der Waals surface area contributed by atoms with Crippen LogP contribution in [0.2, 0.25) is 5.02 Å². The van der Waals surface area contributed by atoms with Crippen LogP contribution in [0.5, 0.6) is 0 Å². The summed E-state index contributed by atoms with van der Waals surface area (Å²) in [5.74, 6) is 0. The zero-order valence-corrected chi connectivity index (χ0v) is 14.5. The first-order valence-electron chi connectivity index (χ1n) is 7.16. The predicted molar refractivity (Wildman–Crippen MR) is 89.2 cm³/mol. The summed E-state index contributed by atoms with van der Waals surface area (Å²) in [6.07, 6.45) is 1.17. The number of nitrogens with zero attached hydrogens (tertiary/aromatic N) is 2. The van der Waals surface area contributed by atoms with Crippen molar-refractivity contribution in [2.24, 2.45) is 5.73 Å². The largest absolute Gasteiger partial charge is 0.329 e. The van der Waals surface area contributed by atoms with Gasteiger partial charge in [0.05, 0.1) is 0 Å². The molecular formula is C15H23BrClN3. The molecule has 0 aliphatic carbocycles. The molecule has 1 aromatic rings. The maximum Gasteiger partial charge on any atom is 0.0482 e. The van der Waals surface area contributed by atoms with E-state index in [9.17, 15) is 0 Å². The normalized spacial score (nSPS) is 22.9. The number of hydrogen-bond acceptors (Lipinski definition) is 3. The first kappa shape index (κ1) is 16.2. The Kier molecular flexibility index (Phi) is 5.87. The van der Waals surface area contributed by atoms with Crippen molar-refractivity contribution in [2.45, 2.75) is 25.4 Å². The summed E-state index contributed by atoms with van der Waals surface area (Å²) in [7, 11) is 2.21. The highest BCUT2D eigenvalue weighted by molar-refractivity contribution is 9.10. The molecule has 3 nitrogen and oxygen atoms in total. The van der Waals surface area contributed by atoms with Crippen molar-refractivity contribution >= 4 is 27.5 Å².